The molecule has 0 atom stereocenters. The summed E-state index contributed by atoms with van der Waals surface area (Å²) in [6.07, 6.45) is 0.647. The van der Waals surface area contributed by atoms with Crippen LogP contribution in [0.3, 0.4) is 0 Å². The summed E-state index contributed by atoms with van der Waals surface area (Å²) in [6.45, 7) is 1.82. The fraction of sp³-hybridized carbons (Fsp3) is 0.267. The molecule has 0 fully saturated rings. The molecule has 1 amide bonds. The van der Waals surface area contributed by atoms with Gasteiger partial charge in [-0.05, 0) is 18.6 Å². The minimum Gasteiger partial charge on any atom is -0.480 e. The molecule has 0 unspecified atom stereocenters. The second kappa shape index (κ2) is 7.09. The molecule has 0 aliphatic rings. The van der Waals surface area contributed by atoms with Gasteiger partial charge in [-0.3, -0.25) is 9.59 Å². The maximum atomic E-state index is 12.3. The van der Waals surface area contributed by atoms with E-state index in [0.717, 1.165) is 5.56 Å². The van der Waals surface area contributed by atoms with Crippen LogP contribution < -0.4 is 0 Å². The second-order valence-electron chi connectivity index (χ2n) is 4.71. The van der Waals surface area contributed by atoms with Gasteiger partial charge in [-0.25, -0.2) is 0 Å². The number of rotatable bonds is 6. The molecule has 0 saturated heterocycles. The minimum atomic E-state index is -1.07. The van der Waals surface area contributed by atoms with Crippen LogP contribution in [0.25, 0.3) is 11.3 Å². The summed E-state index contributed by atoms with van der Waals surface area (Å²) in [5, 5.41) is 13.3. The van der Waals surface area contributed by atoms with Gasteiger partial charge in [0.25, 0.3) is 5.91 Å². The van der Waals surface area contributed by atoms with Crippen LogP contribution >= 0.6 is 11.6 Å². The molecule has 116 valence electrons. The topological polar surface area (TPSA) is 83.6 Å². The molecule has 1 aromatic heterocycles. The SMILES string of the molecule is CCCN(CC(=O)O)C(=O)c1cc(-c2cccc(Cl)c2)no1. The number of carboxylic acid groups (broad SMARTS) is 1. The predicted octanol–water partition coefficient (Wildman–Crippen LogP) is 2.93. The monoisotopic (exact) mass is 322 g/mol. The molecule has 1 aromatic carbocycles. The van der Waals surface area contributed by atoms with E-state index < -0.39 is 11.9 Å². The Morgan fingerprint density at radius 3 is 2.77 bits per heavy atom. The lowest BCUT2D eigenvalue weighted by Crippen LogP contribution is -2.36. The number of hydrogen-bond donors (Lipinski definition) is 1. The standard InChI is InChI=1S/C15H15ClN2O4/c1-2-6-18(9-14(19)20)15(21)13-8-12(17-22-13)10-4-3-5-11(16)7-10/h3-5,7-8H,2,6,9H2,1H3,(H,19,20). The second-order valence-corrected chi connectivity index (χ2v) is 5.14. The molecule has 7 heteroatoms. The minimum absolute atomic E-state index is 0.00433. The summed E-state index contributed by atoms with van der Waals surface area (Å²) in [7, 11) is 0. The molecule has 6 nitrogen and oxygen atoms in total. The summed E-state index contributed by atoms with van der Waals surface area (Å²) < 4.78 is 5.05. The summed E-state index contributed by atoms with van der Waals surface area (Å²) in [5.41, 5.74) is 1.19. The summed E-state index contributed by atoms with van der Waals surface area (Å²) in [4.78, 5) is 24.3. The fourth-order valence-corrected chi connectivity index (χ4v) is 2.19. The van der Waals surface area contributed by atoms with Gasteiger partial charge in [0.2, 0.25) is 5.76 Å². The van der Waals surface area contributed by atoms with Gasteiger partial charge < -0.3 is 14.5 Å². The first-order valence-corrected chi connectivity index (χ1v) is 7.12. The third kappa shape index (κ3) is 3.85. The van der Waals surface area contributed by atoms with Crippen molar-refractivity contribution in [2.45, 2.75) is 13.3 Å². The molecule has 0 spiro atoms. The van der Waals surface area contributed by atoms with E-state index in [4.69, 9.17) is 21.2 Å². The molecular weight excluding hydrogens is 308 g/mol. The van der Waals surface area contributed by atoms with Crippen LogP contribution in [-0.2, 0) is 4.79 Å². The normalized spacial score (nSPS) is 10.5. The van der Waals surface area contributed by atoms with E-state index in [-0.39, 0.29) is 12.3 Å². The average molecular weight is 323 g/mol. The van der Waals surface area contributed by atoms with Crippen molar-refractivity contribution in [3.05, 3.63) is 41.1 Å². The number of benzene rings is 1. The van der Waals surface area contributed by atoms with Crippen molar-refractivity contribution < 1.29 is 19.2 Å². The third-order valence-corrected chi connectivity index (χ3v) is 3.18. The highest BCUT2D eigenvalue weighted by molar-refractivity contribution is 6.30. The largest absolute Gasteiger partial charge is 0.480 e. The van der Waals surface area contributed by atoms with Gasteiger partial charge in [0.1, 0.15) is 12.2 Å². The Morgan fingerprint density at radius 2 is 2.14 bits per heavy atom. The zero-order chi connectivity index (χ0) is 16.1. The first kappa shape index (κ1) is 16.0. The molecule has 0 bridgehead atoms. The van der Waals surface area contributed by atoms with Crippen molar-refractivity contribution in [2.24, 2.45) is 0 Å². The maximum absolute atomic E-state index is 12.3. The molecular formula is C15H15ClN2O4. The van der Waals surface area contributed by atoms with Crippen LogP contribution in [0.2, 0.25) is 5.02 Å². The van der Waals surface area contributed by atoms with Crippen molar-refractivity contribution in [3.63, 3.8) is 0 Å². The predicted molar refractivity (Wildman–Crippen MR) is 80.8 cm³/mol. The van der Waals surface area contributed by atoms with Crippen molar-refractivity contribution >= 4 is 23.5 Å². The quantitative estimate of drug-likeness (QED) is 0.884. The van der Waals surface area contributed by atoms with Crippen molar-refractivity contribution in [2.75, 3.05) is 13.1 Å². The van der Waals surface area contributed by atoms with E-state index in [1.165, 1.54) is 11.0 Å². The molecule has 1 N–H and O–H groups in total. The molecule has 2 rings (SSSR count). The number of aromatic nitrogens is 1. The van der Waals surface area contributed by atoms with Gasteiger partial charge in [-0.15, -0.1) is 0 Å². The van der Waals surface area contributed by atoms with Gasteiger partial charge in [-0.2, -0.15) is 0 Å². The van der Waals surface area contributed by atoms with Crippen molar-refractivity contribution in [1.82, 2.24) is 10.1 Å². The zero-order valence-corrected chi connectivity index (χ0v) is 12.7. The highest BCUT2D eigenvalue weighted by Gasteiger charge is 2.22. The van der Waals surface area contributed by atoms with E-state index in [1.807, 2.05) is 6.92 Å². The van der Waals surface area contributed by atoms with E-state index in [0.29, 0.717) is 23.7 Å². The number of carbonyl (C=O) groups is 2. The van der Waals surface area contributed by atoms with Crippen LogP contribution in [0.1, 0.15) is 23.9 Å². The lowest BCUT2D eigenvalue weighted by atomic mass is 10.1. The molecule has 2 aromatic rings. The van der Waals surface area contributed by atoms with Gasteiger partial charge in [0.05, 0.1) is 0 Å². The molecule has 22 heavy (non-hydrogen) atoms. The highest BCUT2D eigenvalue weighted by atomic mass is 35.5. The van der Waals surface area contributed by atoms with Crippen LogP contribution in [0, 0.1) is 0 Å². The fourth-order valence-electron chi connectivity index (χ4n) is 2.00. The van der Waals surface area contributed by atoms with Crippen LogP contribution in [0.15, 0.2) is 34.9 Å². The first-order valence-electron chi connectivity index (χ1n) is 6.75. The van der Waals surface area contributed by atoms with Crippen molar-refractivity contribution in [3.8, 4) is 11.3 Å². The van der Waals surface area contributed by atoms with Gasteiger partial charge in [0.15, 0.2) is 0 Å². The Balaban J connectivity index is 2.22. The van der Waals surface area contributed by atoms with Crippen LogP contribution in [0.4, 0.5) is 0 Å². The molecule has 0 aliphatic heterocycles. The van der Waals surface area contributed by atoms with Crippen molar-refractivity contribution in [1.29, 1.82) is 0 Å². The maximum Gasteiger partial charge on any atom is 0.323 e. The smallest absolute Gasteiger partial charge is 0.323 e. The van der Waals surface area contributed by atoms with Crippen LogP contribution in [-0.4, -0.2) is 40.1 Å². The number of hydrogen-bond acceptors (Lipinski definition) is 4. The zero-order valence-electron chi connectivity index (χ0n) is 12.0. The van der Waals surface area contributed by atoms with Gasteiger partial charge in [-0.1, -0.05) is 35.8 Å². The molecule has 0 aliphatic carbocycles. The summed E-state index contributed by atoms with van der Waals surface area (Å²) >= 11 is 5.91. The number of aliphatic carboxylic acids is 1. The Bertz CT molecular complexity index is 684. The highest BCUT2D eigenvalue weighted by Crippen LogP contribution is 2.23. The molecule has 0 saturated carbocycles. The Hall–Kier alpha value is -2.34. The summed E-state index contributed by atoms with van der Waals surface area (Å²) in [6, 6.07) is 8.47. The number of halogens is 1. The van der Waals surface area contributed by atoms with Gasteiger partial charge in [0, 0.05) is 23.2 Å². The number of carbonyl (C=O) groups excluding carboxylic acids is 1. The number of carboxylic acids is 1. The molecule has 0 radical (unpaired) electrons. The van der Waals surface area contributed by atoms with E-state index >= 15 is 0 Å². The first-order chi connectivity index (χ1) is 10.5. The lowest BCUT2D eigenvalue weighted by molar-refractivity contribution is -0.137. The summed E-state index contributed by atoms with van der Waals surface area (Å²) in [5.74, 6) is -1.56. The Morgan fingerprint density at radius 1 is 1.36 bits per heavy atom. The van der Waals surface area contributed by atoms with Crippen LogP contribution in [0.5, 0.6) is 0 Å². The Labute approximate surface area is 132 Å². The van der Waals surface area contributed by atoms with E-state index in [2.05, 4.69) is 5.16 Å². The molecule has 1 heterocycles. The number of nitrogens with zero attached hydrogens (tertiary/aromatic N) is 2. The van der Waals surface area contributed by atoms with E-state index in [1.54, 1.807) is 24.3 Å². The number of amides is 1. The van der Waals surface area contributed by atoms with E-state index in [9.17, 15) is 9.59 Å². The lowest BCUT2D eigenvalue weighted by Gasteiger charge is -2.17. The third-order valence-electron chi connectivity index (χ3n) is 2.95. The average Bonchev–Trinajstić information content (AvgIpc) is 2.95. The van der Waals surface area contributed by atoms with Gasteiger partial charge >= 0.3 is 5.97 Å². The Kier molecular flexibility index (Phi) is 5.16.